The third-order valence-electron chi connectivity index (χ3n) is 5.69. The second-order valence-corrected chi connectivity index (χ2v) is 5.64. The molecule has 6 unspecified atom stereocenters. The van der Waals surface area contributed by atoms with Gasteiger partial charge < -0.3 is 0 Å². The minimum atomic E-state index is 1.01. The van der Waals surface area contributed by atoms with E-state index in [1.54, 1.807) is 12.8 Å². The van der Waals surface area contributed by atoms with Crippen molar-refractivity contribution in [3.8, 4) is 0 Å². The minimum Gasteiger partial charge on any atom is -0.0620 e. The Morgan fingerprint density at radius 3 is 1.42 bits per heavy atom. The summed E-state index contributed by atoms with van der Waals surface area (Å²) >= 11 is 0. The molecule has 0 saturated heterocycles. The van der Waals surface area contributed by atoms with E-state index in [0.29, 0.717) is 0 Å². The second kappa shape index (κ2) is 2.08. The standard InChI is InChI=1S/C12H20/c1-6-7(2)11-9-4-5-10(9)12(11)8(6)3/h6-12H,4-5H2,1-3H3. The molecule has 0 aromatic heterocycles. The molecule has 0 N–H and O–H groups in total. The van der Waals surface area contributed by atoms with Crippen molar-refractivity contribution >= 4 is 0 Å². The van der Waals surface area contributed by atoms with Gasteiger partial charge in [-0.3, -0.25) is 0 Å². The predicted octanol–water partition coefficient (Wildman–Crippen LogP) is 3.18. The number of fused-ring (bicyclic) bond motifs is 4. The molecule has 68 valence electrons. The normalized spacial score (nSPS) is 67.8. The van der Waals surface area contributed by atoms with E-state index in [9.17, 15) is 0 Å². The Hall–Kier alpha value is 0. The van der Waals surface area contributed by atoms with Gasteiger partial charge in [-0.25, -0.2) is 0 Å². The molecule has 3 aliphatic carbocycles. The predicted molar refractivity (Wildman–Crippen MR) is 50.7 cm³/mol. The summed E-state index contributed by atoms with van der Waals surface area (Å²) in [6.45, 7) is 7.48. The van der Waals surface area contributed by atoms with Gasteiger partial charge in [-0.1, -0.05) is 20.8 Å². The van der Waals surface area contributed by atoms with Crippen LogP contribution in [0.25, 0.3) is 0 Å². The largest absolute Gasteiger partial charge is 0.0620 e. The Morgan fingerprint density at radius 1 is 0.667 bits per heavy atom. The van der Waals surface area contributed by atoms with Crippen molar-refractivity contribution in [1.82, 2.24) is 0 Å². The zero-order valence-electron chi connectivity index (χ0n) is 8.46. The first-order valence-corrected chi connectivity index (χ1v) is 5.72. The molecule has 6 atom stereocenters. The summed E-state index contributed by atoms with van der Waals surface area (Å²) in [5.74, 6) is 7.72. The van der Waals surface area contributed by atoms with Gasteiger partial charge in [0.1, 0.15) is 0 Å². The van der Waals surface area contributed by atoms with Crippen molar-refractivity contribution in [1.29, 1.82) is 0 Å². The number of hydrogen-bond acceptors (Lipinski definition) is 0. The van der Waals surface area contributed by atoms with Gasteiger partial charge in [-0.15, -0.1) is 0 Å². The number of rotatable bonds is 0. The van der Waals surface area contributed by atoms with Gasteiger partial charge in [0, 0.05) is 0 Å². The van der Waals surface area contributed by atoms with Crippen molar-refractivity contribution in [2.24, 2.45) is 41.4 Å². The molecule has 3 fully saturated rings. The number of hydrogen-bond donors (Lipinski definition) is 0. The van der Waals surface area contributed by atoms with Crippen LogP contribution < -0.4 is 0 Å². The maximum absolute atomic E-state index is 2.50. The van der Waals surface area contributed by atoms with E-state index in [-0.39, 0.29) is 0 Å². The van der Waals surface area contributed by atoms with Gasteiger partial charge in [-0.2, -0.15) is 0 Å². The maximum Gasteiger partial charge on any atom is -0.0321 e. The first-order valence-electron chi connectivity index (χ1n) is 5.72. The highest BCUT2D eigenvalue weighted by Crippen LogP contribution is 2.69. The molecule has 12 heavy (non-hydrogen) atoms. The minimum absolute atomic E-state index is 1.01. The molecule has 0 aromatic carbocycles. The zero-order chi connectivity index (χ0) is 8.46. The maximum atomic E-state index is 2.50. The van der Waals surface area contributed by atoms with Gasteiger partial charge >= 0.3 is 0 Å². The lowest BCUT2D eigenvalue weighted by Crippen LogP contribution is -2.53. The van der Waals surface area contributed by atoms with Crippen LogP contribution in [0.15, 0.2) is 0 Å². The van der Waals surface area contributed by atoms with Crippen LogP contribution in [0, 0.1) is 41.4 Å². The summed E-state index contributed by atoms with van der Waals surface area (Å²) in [5.41, 5.74) is 0. The summed E-state index contributed by atoms with van der Waals surface area (Å²) in [6.07, 6.45) is 3.13. The molecule has 0 bridgehead atoms. The van der Waals surface area contributed by atoms with Gasteiger partial charge in [0.15, 0.2) is 0 Å². The molecular formula is C12H20. The molecule has 0 spiro atoms. The Labute approximate surface area is 75.7 Å². The lowest BCUT2D eigenvalue weighted by atomic mass is 9.46. The van der Waals surface area contributed by atoms with Crippen LogP contribution in [0.3, 0.4) is 0 Å². The monoisotopic (exact) mass is 164 g/mol. The Kier molecular flexibility index (Phi) is 1.28. The van der Waals surface area contributed by atoms with Gasteiger partial charge in [-0.05, 0) is 54.3 Å². The van der Waals surface area contributed by atoms with Crippen molar-refractivity contribution in [2.75, 3.05) is 0 Å². The summed E-state index contributed by atoms with van der Waals surface area (Å²) < 4.78 is 0. The van der Waals surface area contributed by atoms with E-state index in [2.05, 4.69) is 20.8 Å². The topological polar surface area (TPSA) is 0 Å². The summed E-state index contributed by atoms with van der Waals surface area (Å²) in [6, 6.07) is 0. The molecule has 0 aromatic rings. The van der Waals surface area contributed by atoms with E-state index >= 15 is 0 Å². The molecule has 0 aliphatic heterocycles. The summed E-state index contributed by atoms with van der Waals surface area (Å²) in [5, 5.41) is 0. The molecule has 0 heteroatoms. The zero-order valence-corrected chi connectivity index (χ0v) is 8.46. The Balaban J connectivity index is 1.88. The highest BCUT2D eigenvalue weighted by atomic mass is 14.7. The third kappa shape index (κ3) is 0.592. The fourth-order valence-corrected chi connectivity index (χ4v) is 4.59. The Bertz CT molecular complexity index is 186. The lowest BCUT2D eigenvalue weighted by Gasteiger charge is -2.59. The van der Waals surface area contributed by atoms with Crippen LogP contribution >= 0.6 is 0 Å². The Morgan fingerprint density at radius 2 is 1.08 bits per heavy atom. The lowest BCUT2D eigenvalue weighted by molar-refractivity contribution is -0.110. The van der Waals surface area contributed by atoms with Gasteiger partial charge in [0.25, 0.3) is 0 Å². The van der Waals surface area contributed by atoms with Gasteiger partial charge in [0.05, 0.1) is 0 Å². The smallest absolute Gasteiger partial charge is 0.0321 e. The van der Waals surface area contributed by atoms with Crippen LogP contribution in [-0.4, -0.2) is 0 Å². The van der Waals surface area contributed by atoms with Crippen LogP contribution in [0.4, 0.5) is 0 Å². The average molecular weight is 164 g/mol. The fraction of sp³-hybridized carbons (Fsp3) is 1.00. The quantitative estimate of drug-likeness (QED) is 0.516. The molecule has 0 amide bonds. The summed E-state index contributed by atoms with van der Waals surface area (Å²) in [4.78, 5) is 0. The van der Waals surface area contributed by atoms with Crippen LogP contribution in [0.5, 0.6) is 0 Å². The fourth-order valence-electron chi connectivity index (χ4n) is 4.59. The molecule has 3 aliphatic rings. The third-order valence-corrected chi connectivity index (χ3v) is 5.69. The van der Waals surface area contributed by atoms with Crippen molar-refractivity contribution in [2.45, 2.75) is 33.6 Å². The first-order chi connectivity index (χ1) is 5.72. The first kappa shape index (κ1) is 7.41. The van der Waals surface area contributed by atoms with E-state index in [0.717, 1.165) is 29.6 Å². The van der Waals surface area contributed by atoms with Crippen molar-refractivity contribution in [3.05, 3.63) is 0 Å². The van der Waals surface area contributed by atoms with E-state index < -0.39 is 0 Å². The van der Waals surface area contributed by atoms with Crippen molar-refractivity contribution < 1.29 is 0 Å². The van der Waals surface area contributed by atoms with Crippen molar-refractivity contribution in [3.63, 3.8) is 0 Å². The van der Waals surface area contributed by atoms with Crippen LogP contribution in [0.1, 0.15) is 33.6 Å². The summed E-state index contributed by atoms with van der Waals surface area (Å²) in [7, 11) is 0. The molecular weight excluding hydrogens is 144 g/mol. The molecule has 0 radical (unpaired) electrons. The SMILES string of the molecule is CC1C(C)C2C3CCC3C2C1C. The highest BCUT2D eigenvalue weighted by Gasteiger charge is 2.63. The van der Waals surface area contributed by atoms with E-state index in [1.807, 2.05) is 0 Å². The molecule has 0 heterocycles. The highest BCUT2D eigenvalue weighted by molar-refractivity contribution is 5.11. The van der Waals surface area contributed by atoms with E-state index in [4.69, 9.17) is 0 Å². The average Bonchev–Trinajstić information content (AvgIpc) is 2.18. The van der Waals surface area contributed by atoms with E-state index in [1.165, 1.54) is 11.8 Å². The van der Waals surface area contributed by atoms with Crippen LogP contribution in [-0.2, 0) is 0 Å². The van der Waals surface area contributed by atoms with Gasteiger partial charge in [0.2, 0.25) is 0 Å². The molecule has 3 saturated carbocycles. The van der Waals surface area contributed by atoms with Crippen LogP contribution in [0.2, 0.25) is 0 Å². The second-order valence-electron chi connectivity index (χ2n) is 5.64. The molecule has 0 nitrogen and oxygen atoms in total. The molecule has 3 rings (SSSR count).